The first-order valence-electron chi connectivity index (χ1n) is 6.06. The van der Waals surface area contributed by atoms with Crippen molar-refractivity contribution in [3.8, 4) is 0 Å². The van der Waals surface area contributed by atoms with Gasteiger partial charge in [-0.3, -0.25) is 10.1 Å². The van der Waals surface area contributed by atoms with Gasteiger partial charge in [0.1, 0.15) is 0 Å². The molecule has 0 unspecified atom stereocenters. The van der Waals surface area contributed by atoms with Gasteiger partial charge in [-0.2, -0.15) is 0 Å². The lowest BCUT2D eigenvalue weighted by Crippen LogP contribution is -1.87. The van der Waals surface area contributed by atoms with Gasteiger partial charge < -0.3 is 0 Å². The summed E-state index contributed by atoms with van der Waals surface area (Å²) in [4.78, 5) is 10.3. The predicted molar refractivity (Wildman–Crippen MR) is 77.9 cm³/mol. The second-order valence-electron chi connectivity index (χ2n) is 4.53. The first-order valence-corrected chi connectivity index (χ1v) is 6.06. The minimum atomic E-state index is -0.382. The van der Waals surface area contributed by atoms with Crippen LogP contribution in [0.1, 0.15) is 22.3 Å². The van der Waals surface area contributed by atoms with Crippen LogP contribution in [0.3, 0.4) is 0 Å². The molecular formula is C16H15NO2. The van der Waals surface area contributed by atoms with Gasteiger partial charge in [0.05, 0.1) is 4.92 Å². The molecule has 0 aliphatic heterocycles. The van der Waals surface area contributed by atoms with Crippen LogP contribution in [0.15, 0.2) is 42.5 Å². The number of nitro benzene ring substituents is 1. The highest BCUT2D eigenvalue weighted by atomic mass is 16.6. The molecular weight excluding hydrogens is 238 g/mol. The van der Waals surface area contributed by atoms with Crippen LogP contribution in [0.25, 0.3) is 12.2 Å². The minimum Gasteiger partial charge on any atom is -0.258 e. The van der Waals surface area contributed by atoms with Crippen LogP contribution in [0.2, 0.25) is 0 Å². The molecule has 2 aromatic carbocycles. The Hall–Kier alpha value is -2.42. The number of hydrogen-bond donors (Lipinski definition) is 0. The third kappa shape index (κ3) is 3.28. The Bertz CT molecular complexity index is 645. The van der Waals surface area contributed by atoms with E-state index in [9.17, 15) is 10.1 Å². The summed E-state index contributed by atoms with van der Waals surface area (Å²) in [5, 5.41) is 10.7. The predicted octanol–water partition coefficient (Wildman–Crippen LogP) is 4.38. The van der Waals surface area contributed by atoms with Gasteiger partial charge in [0.25, 0.3) is 5.69 Å². The fourth-order valence-electron chi connectivity index (χ4n) is 1.80. The van der Waals surface area contributed by atoms with Gasteiger partial charge in [-0.15, -0.1) is 0 Å². The Morgan fingerprint density at radius 3 is 2.26 bits per heavy atom. The monoisotopic (exact) mass is 253 g/mol. The lowest BCUT2D eigenvalue weighted by Gasteiger charge is -2.01. The molecule has 96 valence electrons. The highest BCUT2D eigenvalue weighted by Crippen LogP contribution is 2.16. The summed E-state index contributed by atoms with van der Waals surface area (Å²) in [5.74, 6) is 0. The average Bonchev–Trinajstić information content (AvgIpc) is 2.40. The van der Waals surface area contributed by atoms with Gasteiger partial charge >= 0.3 is 0 Å². The number of rotatable bonds is 3. The molecule has 0 spiro atoms. The summed E-state index contributed by atoms with van der Waals surface area (Å²) in [6.45, 7) is 4.14. The van der Waals surface area contributed by atoms with E-state index >= 15 is 0 Å². The smallest absolute Gasteiger partial charge is 0.258 e. The fourth-order valence-corrected chi connectivity index (χ4v) is 1.80. The summed E-state index contributed by atoms with van der Waals surface area (Å²) in [6, 6.07) is 12.8. The van der Waals surface area contributed by atoms with Gasteiger partial charge in [-0.05, 0) is 36.1 Å². The second kappa shape index (κ2) is 5.48. The zero-order valence-electron chi connectivity index (χ0n) is 11.0. The van der Waals surface area contributed by atoms with E-state index in [1.165, 1.54) is 17.2 Å². The maximum Gasteiger partial charge on any atom is 0.270 e. The van der Waals surface area contributed by atoms with E-state index in [-0.39, 0.29) is 10.6 Å². The summed E-state index contributed by atoms with van der Waals surface area (Å²) in [5.41, 5.74) is 4.53. The molecule has 0 bridgehead atoms. The average molecular weight is 253 g/mol. The molecule has 0 aliphatic carbocycles. The summed E-state index contributed by atoms with van der Waals surface area (Å²) in [7, 11) is 0. The van der Waals surface area contributed by atoms with Gasteiger partial charge in [-0.25, -0.2) is 0 Å². The Morgan fingerprint density at radius 1 is 0.947 bits per heavy atom. The first kappa shape index (κ1) is 13.0. The molecule has 0 heterocycles. The number of nitro groups is 1. The zero-order chi connectivity index (χ0) is 13.8. The molecule has 0 aliphatic rings. The van der Waals surface area contributed by atoms with Crippen LogP contribution < -0.4 is 0 Å². The number of non-ortho nitro benzene ring substituents is 1. The maximum absolute atomic E-state index is 10.7. The van der Waals surface area contributed by atoms with Gasteiger partial charge in [-0.1, -0.05) is 42.5 Å². The van der Waals surface area contributed by atoms with Gasteiger partial charge in [0.2, 0.25) is 0 Å². The van der Waals surface area contributed by atoms with Crippen molar-refractivity contribution in [1.29, 1.82) is 0 Å². The summed E-state index contributed by atoms with van der Waals surface area (Å²) >= 11 is 0. The Kier molecular flexibility index (Phi) is 3.76. The van der Waals surface area contributed by atoms with Crippen molar-refractivity contribution >= 4 is 17.8 Å². The van der Waals surface area contributed by atoms with Crippen molar-refractivity contribution in [2.24, 2.45) is 0 Å². The number of nitrogens with zero attached hydrogens (tertiary/aromatic N) is 1. The second-order valence-corrected chi connectivity index (χ2v) is 4.53. The van der Waals surface area contributed by atoms with Crippen LogP contribution >= 0.6 is 0 Å². The summed E-state index contributed by atoms with van der Waals surface area (Å²) in [6.07, 6.45) is 3.85. The quantitative estimate of drug-likeness (QED) is 0.462. The Labute approximate surface area is 112 Å². The maximum atomic E-state index is 10.7. The highest BCUT2D eigenvalue weighted by Gasteiger charge is 2.03. The molecule has 19 heavy (non-hydrogen) atoms. The van der Waals surface area contributed by atoms with Gasteiger partial charge in [0, 0.05) is 12.1 Å². The van der Waals surface area contributed by atoms with Crippen LogP contribution in [0, 0.1) is 24.0 Å². The first-order chi connectivity index (χ1) is 9.06. The van der Waals surface area contributed by atoms with Crippen LogP contribution in [0.5, 0.6) is 0 Å². The van der Waals surface area contributed by atoms with E-state index in [1.807, 2.05) is 24.3 Å². The molecule has 0 N–H and O–H groups in total. The third-order valence-corrected chi connectivity index (χ3v) is 3.08. The van der Waals surface area contributed by atoms with Crippen molar-refractivity contribution in [1.82, 2.24) is 0 Å². The molecule has 0 atom stereocenters. The van der Waals surface area contributed by atoms with E-state index in [1.54, 1.807) is 12.1 Å². The third-order valence-electron chi connectivity index (χ3n) is 3.08. The van der Waals surface area contributed by atoms with Crippen LogP contribution in [0.4, 0.5) is 5.69 Å². The van der Waals surface area contributed by atoms with E-state index in [4.69, 9.17) is 0 Å². The van der Waals surface area contributed by atoms with Crippen molar-refractivity contribution in [2.45, 2.75) is 13.8 Å². The lowest BCUT2D eigenvalue weighted by atomic mass is 10.1. The molecule has 0 fully saturated rings. The van der Waals surface area contributed by atoms with E-state index in [0.29, 0.717) is 0 Å². The van der Waals surface area contributed by atoms with Crippen molar-refractivity contribution in [3.05, 3.63) is 74.8 Å². The molecule has 0 saturated heterocycles. The number of hydrogen-bond acceptors (Lipinski definition) is 2. The molecule has 3 heteroatoms. The molecule has 0 radical (unpaired) electrons. The van der Waals surface area contributed by atoms with Crippen molar-refractivity contribution < 1.29 is 4.92 Å². The SMILES string of the molecule is Cc1ccc(/C=C/c2cccc([N+](=O)[O-])c2)cc1C. The molecule has 0 saturated carbocycles. The topological polar surface area (TPSA) is 43.1 Å². The molecule has 2 aromatic rings. The normalized spacial score (nSPS) is 10.8. The Morgan fingerprint density at radius 2 is 1.63 bits per heavy atom. The molecule has 3 nitrogen and oxygen atoms in total. The van der Waals surface area contributed by atoms with E-state index in [2.05, 4.69) is 26.0 Å². The van der Waals surface area contributed by atoms with Gasteiger partial charge in [0.15, 0.2) is 0 Å². The molecule has 2 rings (SSSR count). The van der Waals surface area contributed by atoms with Crippen molar-refractivity contribution in [3.63, 3.8) is 0 Å². The van der Waals surface area contributed by atoms with Crippen LogP contribution in [-0.2, 0) is 0 Å². The standard InChI is InChI=1S/C16H15NO2/c1-12-6-7-15(10-13(12)2)9-8-14-4-3-5-16(11-14)17(18)19/h3-11H,1-2H3/b9-8+. The molecule has 0 aromatic heterocycles. The van der Waals surface area contributed by atoms with E-state index < -0.39 is 0 Å². The lowest BCUT2D eigenvalue weighted by molar-refractivity contribution is -0.384. The summed E-state index contributed by atoms with van der Waals surface area (Å²) < 4.78 is 0. The number of aryl methyl sites for hydroxylation is 2. The van der Waals surface area contributed by atoms with E-state index in [0.717, 1.165) is 11.1 Å². The minimum absolute atomic E-state index is 0.113. The van der Waals surface area contributed by atoms with Crippen LogP contribution in [-0.4, -0.2) is 4.92 Å². The fraction of sp³-hybridized carbons (Fsp3) is 0.125. The van der Waals surface area contributed by atoms with Crippen molar-refractivity contribution in [2.75, 3.05) is 0 Å². The molecule has 0 amide bonds. The Balaban J connectivity index is 2.24. The zero-order valence-corrected chi connectivity index (χ0v) is 11.0. The highest BCUT2D eigenvalue weighted by molar-refractivity contribution is 5.71. The largest absolute Gasteiger partial charge is 0.270 e. The number of benzene rings is 2.